The number of hydrogen-bond acceptors (Lipinski definition) is 3. The van der Waals surface area contributed by atoms with Gasteiger partial charge in [0.2, 0.25) is 11.8 Å². The molecule has 130 valence electrons. The van der Waals surface area contributed by atoms with Crippen molar-refractivity contribution in [3.63, 3.8) is 0 Å². The Morgan fingerprint density at radius 3 is 2.24 bits per heavy atom. The van der Waals surface area contributed by atoms with Gasteiger partial charge in [-0.1, -0.05) is 35.3 Å². The molecule has 25 heavy (non-hydrogen) atoms. The monoisotopic (exact) mass is 378 g/mol. The van der Waals surface area contributed by atoms with Crippen molar-refractivity contribution in [3.05, 3.63) is 52.5 Å². The second kappa shape index (κ2) is 6.94. The van der Waals surface area contributed by atoms with Gasteiger partial charge in [-0.2, -0.15) is 0 Å². The summed E-state index contributed by atoms with van der Waals surface area (Å²) < 4.78 is 5.22. The molecular weight excluding hydrogens is 363 g/mol. The van der Waals surface area contributed by atoms with Crippen LogP contribution in [0.4, 0.5) is 11.4 Å². The van der Waals surface area contributed by atoms with Crippen LogP contribution in [0.15, 0.2) is 42.5 Å². The van der Waals surface area contributed by atoms with Crippen LogP contribution in [0, 0.1) is 5.41 Å². The number of nitrogens with one attached hydrogen (secondary N) is 2. The Bertz CT molecular complexity index is 835. The van der Waals surface area contributed by atoms with E-state index in [1.165, 1.54) is 13.2 Å². The summed E-state index contributed by atoms with van der Waals surface area (Å²) in [5, 5.41) is 6.28. The number of carbonyl (C=O) groups excluding carboxylic acids is 2. The van der Waals surface area contributed by atoms with E-state index in [2.05, 4.69) is 10.6 Å². The molecule has 5 nitrogen and oxygen atoms in total. The molecule has 0 aromatic heterocycles. The van der Waals surface area contributed by atoms with Crippen molar-refractivity contribution in [2.24, 2.45) is 5.41 Å². The summed E-state index contributed by atoms with van der Waals surface area (Å²) in [6.45, 7) is 0. The molecule has 0 aliphatic heterocycles. The average Bonchev–Trinajstić information content (AvgIpc) is 3.40. The Hall–Kier alpha value is -2.24. The Kier molecular flexibility index (Phi) is 4.88. The Balaban J connectivity index is 1.74. The molecule has 2 N–H and O–H groups in total. The lowest BCUT2D eigenvalue weighted by Gasteiger charge is -2.17. The molecular formula is C18H16Cl2N2O3. The summed E-state index contributed by atoms with van der Waals surface area (Å²) in [5.74, 6) is -0.212. The fourth-order valence-electron chi connectivity index (χ4n) is 2.50. The van der Waals surface area contributed by atoms with Gasteiger partial charge < -0.3 is 15.4 Å². The van der Waals surface area contributed by atoms with Crippen LogP contribution in [0.2, 0.25) is 10.0 Å². The molecule has 1 fully saturated rings. The molecule has 2 aromatic rings. The van der Waals surface area contributed by atoms with E-state index in [1.807, 2.05) is 0 Å². The van der Waals surface area contributed by atoms with E-state index in [0.717, 1.165) is 0 Å². The number of anilines is 2. The van der Waals surface area contributed by atoms with Crippen LogP contribution in [0.5, 0.6) is 5.75 Å². The van der Waals surface area contributed by atoms with E-state index < -0.39 is 5.41 Å². The molecule has 2 amide bonds. The van der Waals surface area contributed by atoms with Crippen LogP contribution in [0.3, 0.4) is 0 Å². The molecule has 1 saturated carbocycles. The first-order valence-electron chi connectivity index (χ1n) is 7.67. The highest BCUT2D eigenvalue weighted by Crippen LogP contribution is 2.48. The number of rotatable bonds is 5. The average molecular weight is 379 g/mol. The summed E-state index contributed by atoms with van der Waals surface area (Å²) in [4.78, 5) is 25.3. The van der Waals surface area contributed by atoms with Gasteiger partial charge in [-0.25, -0.2) is 0 Å². The summed E-state index contributed by atoms with van der Waals surface area (Å²) in [5.41, 5.74) is -0.143. The summed E-state index contributed by atoms with van der Waals surface area (Å²) in [6.07, 6.45) is 0.954. The summed E-state index contributed by atoms with van der Waals surface area (Å²) >= 11 is 11.9. The molecule has 0 bridgehead atoms. The van der Waals surface area contributed by atoms with Gasteiger partial charge in [0.15, 0.2) is 0 Å². The first kappa shape index (κ1) is 17.6. The number of carbonyl (C=O) groups is 2. The number of amides is 2. The Morgan fingerprint density at radius 2 is 1.64 bits per heavy atom. The molecule has 0 saturated heterocycles. The van der Waals surface area contributed by atoms with Crippen molar-refractivity contribution in [2.45, 2.75) is 12.8 Å². The van der Waals surface area contributed by atoms with Crippen molar-refractivity contribution in [1.82, 2.24) is 0 Å². The van der Waals surface area contributed by atoms with E-state index >= 15 is 0 Å². The molecule has 0 spiro atoms. The zero-order chi connectivity index (χ0) is 18.0. The predicted molar refractivity (Wildman–Crippen MR) is 98.4 cm³/mol. The summed E-state index contributed by atoms with van der Waals surface area (Å²) in [7, 11) is 1.52. The zero-order valence-electron chi connectivity index (χ0n) is 13.4. The van der Waals surface area contributed by atoms with Gasteiger partial charge >= 0.3 is 0 Å². The third kappa shape index (κ3) is 3.57. The number of halogens is 2. The van der Waals surface area contributed by atoms with Gasteiger partial charge in [-0.15, -0.1) is 0 Å². The maximum absolute atomic E-state index is 12.7. The fraction of sp³-hybridized carbons (Fsp3) is 0.222. The Labute approximate surface area is 155 Å². The van der Waals surface area contributed by atoms with Crippen molar-refractivity contribution in [2.75, 3.05) is 17.7 Å². The van der Waals surface area contributed by atoms with Crippen LogP contribution in [-0.2, 0) is 9.59 Å². The highest BCUT2D eigenvalue weighted by atomic mass is 35.5. The Morgan fingerprint density at radius 1 is 1.00 bits per heavy atom. The maximum Gasteiger partial charge on any atom is 0.240 e. The van der Waals surface area contributed by atoms with Crippen LogP contribution < -0.4 is 15.4 Å². The van der Waals surface area contributed by atoms with Crippen LogP contribution in [0.1, 0.15) is 12.8 Å². The number of benzene rings is 2. The van der Waals surface area contributed by atoms with E-state index in [9.17, 15) is 9.59 Å². The first-order valence-corrected chi connectivity index (χ1v) is 8.43. The van der Waals surface area contributed by atoms with Crippen molar-refractivity contribution >= 4 is 46.4 Å². The molecule has 1 aliphatic carbocycles. The molecule has 7 heteroatoms. The topological polar surface area (TPSA) is 67.4 Å². The van der Waals surface area contributed by atoms with Gasteiger partial charge in [0.05, 0.1) is 23.5 Å². The second-order valence-corrected chi connectivity index (χ2v) is 6.66. The molecule has 1 aliphatic rings. The highest BCUT2D eigenvalue weighted by molar-refractivity contribution is 6.37. The van der Waals surface area contributed by atoms with Gasteiger partial charge in [0.1, 0.15) is 11.2 Å². The zero-order valence-corrected chi connectivity index (χ0v) is 14.9. The van der Waals surface area contributed by atoms with Crippen molar-refractivity contribution in [3.8, 4) is 5.75 Å². The quantitative estimate of drug-likeness (QED) is 0.759. The maximum atomic E-state index is 12.7. The highest BCUT2D eigenvalue weighted by Gasteiger charge is 2.56. The molecule has 2 aromatic carbocycles. The lowest BCUT2D eigenvalue weighted by molar-refractivity contribution is -0.131. The van der Waals surface area contributed by atoms with E-state index in [0.29, 0.717) is 40.0 Å². The minimum absolute atomic E-state index is 0.321. The molecule has 0 atom stereocenters. The fourth-order valence-corrected chi connectivity index (χ4v) is 2.96. The number of methoxy groups -OCH3 is 1. The van der Waals surface area contributed by atoms with Crippen molar-refractivity contribution in [1.29, 1.82) is 0 Å². The van der Waals surface area contributed by atoms with Crippen LogP contribution in [0.25, 0.3) is 0 Å². The predicted octanol–water partition coefficient (Wildman–Crippen LogP) is 4.36. The van der Waals surface area contributed by atoms with E-state index in [4.69, 9.17) is 27.9 Å². The number of ether oxygens (including phenoxy) is 1. The largest absolute Gasteiger partial charge is 0.495 e. The minimum atomic E-state index is -1.09. The third-order valence-corrected chi connectivity index (χ3v) is 4.70. The third-order valence-electron chi connectivity index (χ3n) is 4.15. The SMILES string of the molecule is COc1ccccc1NC(=O)C1(C(=O)Nc2ccc(Cl)cc2Cl)CC1. The van der Waals surface area contributed by atoms with Gasteiger partial charge in [0.25, 0.3) is 0 Å². The van der Waals surface area contributed by atoms with Crippen LogP contribution in [-0.4, -0.2) is 18.9 Å². The van der Waals surface area contributed by atoms with Gasteiger partial charge in [-0.3, -0.25) is 9.59 Å². The summed E-state index contributed by atoms with van der Waals surface area (Å²) in [6, 6.07) is 11.8. The van der Waals surface area contributed by atoms with E-state index in [1.54, 1.807) is 36.4 Å². The minimum Gasteiger partial charge on any atom is -0.495 e. The molecule has 3 rings (SSSR count). The first-order chi connectivity index (χ1) is 12.0. The number of hydrogen-bond donors (Lipinski definition) is 2. The second-order valence-electron chi connectivity index (χ2n) is 5.81. The molecule has 0 unspecified atom stereocenters. The number of para-hydroxylation sites is 2. The molecule has 0 heterocycles. The molecule has 0 radical (unpaired) electrons. The van der Waals surface area contributed by atoms with Crippen molar-refractivity contribution < 1.29 is 14.3 Å². The smallest absolute Gasteiger partial charge is 0.240 e. The van der Waals surface area contributed by atoms with E-state index in [-0.39, 0.29) is 11.8 Å². The van der Waals surface area contributed by atoms with Gasteiger partial charge in [0, 0.05) is 5.02 Å². The van der Waals surface area contributed by atoms with Gasteiger partial charge in [-0.05, 0) is 43.2 Å². The normalized spacial score (nSPS) is 14.5. The lowest BCUT2D eigenvalue weighted by Crippen LogP contribution is -2.35. The lowest BCUT2D eigenvalue weighted by atomic mass is 10.0. The van der Waals surface area contributed by atoms with Crippen LogP contribution >= 0.6 is 23.2 Å². The standard InChI is InChI=1S/C18H16Cl2N2O3/c1-25-15-5-3-2-4-14(15)22-17(24)18(8-9-18)16(23)21-13-7-6-11(19)10-12(13)20/h2-7,10H,8-9H2,1H3,(H,21,23)(H,22,24).